The Labute approximate surface area is 216 Å². The molecule has 0 spiro atoms. The summed E-state index contributed by atoms with van der Waals surface area (Å²) in [5, 5.41) is 29.5. The summed E-state index contributed by atoms with van der Waals surface area (Å²) in [5.41, 5.74) is 14.4. The van der Waals surface area contributed by atoms with Crippen LogP contribution in [0.1, 0.15) is 34.2 Å². The van der Waals surface area contributed by atoms with Gasteiger partial charge < -0.3 is 31.2 Å². The summed E-state index contributed by atoms with van der Waals surface area (Å²) < 4.78 is 20.3. The fourth-order valence-corrected chi connectivity index (χ4v) is 4.50. The van der Waals surface area contributed by atoms with Gasteiger partial charge in [-0.2, -0.15) is 5.11 Å². The Bertz CT molecular complexity index is 1240. The van der Waals surface area contributed by atoms with Crippen molar-refractivity contribution >= 4 is 5.69 Å². The average molecular weight is 507 g/mol. The van der Waals surface area contributed by atoms with Gasteiger partial charge in [-0.1, -0.05) is 29.5 Å². The minimum Gasteiger partial charge on any atom is -0.528 e. The molecule has 37 heavy (non-hydrogen) atoms. The second-order valence-electron chi connectivity index (χ2n) is 9.29. The van der Waals surface area contributed by atoms with E-state index in [4.69, 9.17) is 9.84 Å². The van der Waals surface area contributed by atoms with Gasteiger partial charge in [0.1, 0.15) is 24.3 Å². The standard InChI is InChI=1S/C28H33FN5O3/c1-17-11-24(37-16-23(36)15-35)12-18(2)28(17)25-6-4-5-21(19(25)3)14-30-22-9-7-20(26(29)13-22)8-10-27-31-33-34-32-27/h4-7,9,11-13,23,27,30,35-36H,8,10,14-16H2,1-3H3,(H-,31,32,33,34)/q-1/t23-/m0/s1. The number of benzene rings is 3. The van der Waals surface area contributed by atoms with Crippen molar-refractivity contribution in [3.8, 4) is 16.9 Å². The van der Waals surface area contributed by atoms with E-state index in [0.29, 0.717) is 30.7 Å². The predicted molar refractivity (Wildman–Crippen MR) is 142 cm³/mol. The topological polar surface area (TPSA) is 113 Å². The zero-order chi connectivity index (χ0) is 26.4. The highest BCUT2D eigenvalue weighted by atomic mass is 19.1. The Morgan fingerprint density at radius 3 is 2.57 bits per heavy atom. The highest BCUT2D eigenvalue weighted by Gasteiger charge is 2.14. The number of aryl methyl sites for hydroxylation is 3. The highest BCUT2D eigenvalue weighted by Crippen LogP contribution is 2.34. The number of hydrogen-bond acceptors (Lipinski definition) is 7. The third kappa shape index (κ3) is 6.62. The largest absolute Gasteiger partial charge is 0.528 e. The first kappa shape index (κ1) is 26.5. The van der Waals surface area contributed by atoms with Crippen molar-refractivity contribution in [1.29, 1.82) is 0 Å². The van der Waals surface area contributed by atoms with Gasteiger partial charge in [-0.3, -0.25) is 0 Å². The molecule has 0 radical (unpaired) electrons. The maximum absolute atomic E-state index is 14.7. The van der Waals surface area contributed by atoms with Crippen LogP contribution in [0.5, 0.6) is 5.75 Å². The maximum Gasteiger partial charge on any atom is 0.128 e. The number of aliphatic hydroxyl groups excluding tert-OH is 2. The Morgan fingerprint density at radius 1 is 1.11 bits per heavy atom. The summed E-state index contributed by atoms with van der Waals surface area (Å²) in [6.07, 6.45) is -0.0354. The van der Waals surface area contributed by atoms with Gasteiger partial charge in [-0.25, -0.2) is 4.39 Å². The van der Waals surface area contributed by atoms with Crippen LogP contribution < -0.4 is 15.6 Å². The van der Waals surface area contributed by atoms with Crippen molar-refractivity contribution in [2.75, 3.05) is 18.5 Å². The molecule has 0 aliphatic carbocycles. The first-order valence-electron chi connectivity index (χ1n) is 12.3. The van der Waals surface area contributed by atoms with Gasteiger partial charge in [0.15, 0.2) is 0 Å². The lowest BCUT2D eigenvalue weighted by Crippen LogP contribution is -2.21. The first-order valence-corrected chi connectivity index (χ1v) is 12.3. The van der Waals surface area contributed by atoms with Crippen LogP contribution in [0.25, 0.3) is 16.6 Å². The SMILES string of the molecule is Cc1cc(OC[C@@H](O)CO)cc(C)c1-c1cccc(CNc2ccc(CCC3N=NN[N-]3)c(F)c2)c1C. The number of anilines is 1. The van der Waals surface area contributed by atoms with Gasteiger partial charge in [0, 0.05) is 12.2 Å². The Morgan fingerprint density at radius 2 is 1.89 bits per heavy atom. The van der Waals surface area contributed by atoms with Crippen LogP contribution in [-0.4, -0.2) is 35.7 Å². The van der Waals surface area contributed by atoms with Crippen LogP contribution in [0.15, 0.2) is 58.9 Å². The molecule has 0 aromatic heterocycles. The summed E-state index contributed by atoms with van der Waals surface area (Å²) in [5.74, 6) is 0.407. The van der Waals surface area contributed by atoms with Crippen LogP contribution in [0.2, 0.25) is 0 Å². The molecule has 1 aliphatic rings. The van der Waals surface area contributed by atoms with E-state index in [2.05, 4.69) is 45.7 Å². The van der Waals surface area contributed by atoms with Gasteiger partial charge in [-0.15, -0.1) is 0 Å². The Balaban J connectivity index is 1.44. The molecule has 0 saturated carbocycles. The molecule has 196 valence electrons. The molecule has 0 amide bonds. The van der Waals surface area contributed by atoms with Crippen LogP contribution in [-0.2, 0) is 13.0 Å². The number of nitrogens with zero attached hydrogens (tertiary/aromatic N) is 3. The molecule has 4 rings (SSSR count). The van der Waals surface area contributed by atoms with Gasteiger partial charge in [0.2, 0.25) is 0 Å². The van der Waals surface area contributed by atoms with Crippen LogP contribution in [0.4, 0.5) is 10.1 Å². The average Bonchev–Trinajstić information content (AvgIpc) is 3.40. The highest BCUT2D eigenvalue weighted by molar-refractivity contribution is 5.75. The second-order valence-corrected chi connectivity index (χ2v) is 9.29. The molecule has 0 bridgehead atoms. The predicted octanol–water partition coefficient (Wildman–Crippen LogP) is 5.28. The van der Waals surface area contributed by atoms with E-state index in [1.54, 1.807) is 6.07 Å². The number of halogens is 1. The van der Waals surface area contributed by atoms with E-state index in [9.17, 15) is 9.50 Å². The first-order chi connectivity index (χ1) is 17.9. The molecule has 3 aromatic carbocycles. The number of hydrogen-bond donors (Lipinski definition) is 4. The summed E-state index contributed by atoms with van der Waals surface area (Å²) >= 11 is 0. The lowest BCUT2D eigenvalue weighted by Gasteiger charge is -2.19. The van der Waals surface area contributed by atoms with Crippen LogP contribution in [0, 0.1) is 26.6 Å². The smallest absolute Gasteiger partial charge is 0.128 e. The molecule has 1 heterocycles. The number of nitrogens with one attached hydrogen (secondary N) is 2. The van der Waals surface area contributed by atoms with E-state index in [1.807, 2.05) is 38.1 Å². The van der Waals surface area contributed by atoms with Crippen molar-refractivity contribution in [2.24, 2.45) is 10.3 Å². The van der Waals surface area contributed by atoms with Crippen molar-refractivity contribution in [3.05, 3.63) is 87.6 Å². The quantitative estimate of drug-likeness (QED) is 0.283. The molecular weight excluding hydrogens is 473 g/mol. The van der Waals surface area contributed by atoms with Crippen LogP contribution in [0.3, 0.4) is 0 Å². The van der Waals surface area contributed by atoms with E-state index in [1.165, 1.54) is 6.07 Å². The molecule has 2 atom stereocenters. The number of aliphatic hydroxyl groups is 2. The van der Waals surface area contributed by atoms with Crippen molar-refractivity contribution in [3.63, 3.8) is 0 Å². The zero-order valence-corrected chi connectivity index (χ0v) is 21.3. The summed E-state index contributed by atoms with van der Waals surface area (Å²) in [6, 6.07) is 15.3. The number of rotatable bonds is 11. The fourth-order valence-electron chi connectivity index (χ4n) is 4.50. The van der Waals surface area contributed by atoms with E-state index in [0.717, 1.165) is 39.1 Å². The summed E-state index contributed by atoms with van der Waals surface area (Å²) in [4.78, 5) is 0. The van der Waals surface area contributed by atoms with Gasteiger partial charge >= 0.3 is 0 Å². The molecule has 0 fully saturated rings. The third-order valence-corrected chi connectivity index (χ3v) is 6.53. The van der Waals surface area contributed by atoms with Gasteiger partial charge in [0.05, 0.1) is 6.61 Å². The molecule has 3 aromatic rings. The Kier molecular flexibility index (Phi) is 8.70. The van der Waals surface area contributed by atoms with Crippen molar-refractivity contribution < 1.29 is 19.3 Å². The van der Waals surface area contributed by atoms with Gasteiger partial charge in [0.25, 0.3) is 0 Å². The van der Waals surface area contributed by atoms with Gasteiger partial charge in [-0.05, 0) is 103 Å². The molecule has 1 aliphatic heterocycles. The molecule has 8 nitrogen and oxygen atoms in total. The van der Waals surface area contributed by atoms with E-state index in [-0.39, 0.29) is 25.2 Å². The van der Waals surface area contributed by atoms with Crippen LogP contribution >= 0.6 is 0 Å². The fraction of sp³-hybridized carbons (Fsp3) is 0.357. The molecule has 0 saturated heterocycles. The monoisotopic (exact) mass is 506 g/mol. The third-order valence-electron chi connectivity index (χ3n) is 6.53. The normalized spacial score (nSPS) is 15.5. The molecular formula is C28H33FN5O3-. The van der Waals surface area contributed by atoms with E-state index >= 15 is 0 Å². The summed E-state index contributed by atoms with van der Waals surface area (Å²) in [6.45, 7) is 6.42. The summed E-state index contributed by atoms with van der Waals surface area (Å²) in [7, 11) is 0. The lowest BCUT2D eigenvalue weighted by molar-refractivity contribution is 0.0536. The number of ether oxygens (including phenoxy) is 1. The van der Waals surface area contributed by atoms with Crippen molar-refractivity contribution in [1.82, 2.24) is 5.53 Å². The second kappa shape index (κ2) is 12.1. The Hall–Kier alpha value is -3.53. The minimum atomic E-state index is -0.908. The molecule has 1 unspecified atom stereocenters. The molecule has 4 N–H and O–H groups in total. The molecule has 9 heteroatoms. The minimum absolute atomic E-state index is 0.0380. The lowest BCUT2D eigenvalue weighted by atomic mass is 9.90. The van der Waals surface area contributed by atoms with E-state index < -0.39 is 6.10 Å². The van der Waals surface area contributed by atoms with Crippen molar-refractivity contribution in [2.45, 2.75) is 52.4 Å². The maximum atomic E-state index is 14.7. The zero-order valence-electron chi connectivity index (χ0n) is 21.3.